The van der Waals surface area contributed by atoms with Crippen molar-refractivity contribution in [2.75, 3.05) is 5.33 Å². The van der Waals surface area contributed by atoms with E-state index in [1.807, 2.05) is 0 Å². The summed E-state index contributed by atoms with van der Waals surface area (Å²) in [6.45, 7) is 0. The van der Waals surface area contributed by atoms with Crippen molar-refractivity contribution in [1.82, 2.24) is 0 Å². The lowest BCUT2D eigenvalue weighted by atomic mass is 9.83. The maximum absolute atomic E-state index is 13.0. The summed E-state index contributed by atoms with van der Waals surface area (Å²) >= 11 is 3.43. The molecular weight excluding hydrogens is 329 g/mol. The number of benzene rings is 1. The first-order chi connectivity index (χ1) is 9.52. The Hall–Kier alpha value is -0.770. The molecule has 2 rings (SSSR count). The summed E-state index contributed by atoms with van der Waals surface area (Å²) in [6, 6.07) is 5.80. The second kappa shape index (κ2) is 6.79. The third-order valence-electron chi connectivity index (χ3n) is 3.89. The zero-order valence-electron chi connectivity index (χ0n) is 11.2. The fourth-order valence-electron chi connectivity index (χ4n) is 2.82. The van der Waals surface area contributed by atoms with Gasteiger partial charge in [-0.2, -0.15) is 13.2 Å². The van der Waals surface area contributed by atoms with Crippen molar-refractivity contribution in [3.63, 3.8) is 0 Å². The van der Waals surface area contributed by atoms with E-state index >= 15 is 0 Å². The van der Waals surface area contributed by atoms with Gasteiger partial charge in [0, 0.05) is 5.33 Å². The van der Waals surface area contributed by atoms with Crippen LogP contribution in [0.15, 0.2) is 29.8 Å². The molecule has 0 amide bonds. The molecule has 1 aliphatic carbocycles. The van der Waals surface area contributed by atoms with Gasteiger partial charge in [-0.05, 0) is 30.4 Å². The molecule has 0 N–H and O–H groups in total. The first-order valence-electron chi connectivity index (χ1n) is 6.95. The zero-order valence-corrected chi connectivity index (χ0v) is 12.8. The molecule has 0 heterocycles. The Labute approximate surface area is 126 Å². The third kappa shape index (κ3) is 3.87. The van der Waals surface area contributed by atoms with Gasteiger partial charge in [0.25, 0.3) is 0 Å². The fourth-order valence-corrected chi connectivity index (χ4v) is 3.44. The van der Waals surface area contributed by atoms with Crippen LogP contribution in [0.4, 0.5) is 13.2 Å². The van der Waals surface area contributed by atoms with E-state index in [1.54, 1.807) is 18.2 Å². The van der Waals surface area contributed by atoms with E-state index in [0.29, 0.717) is 11.2 Å². The maximum Gasteiger partial charge on any atom is 0.416 e. The predicted octanol–water partition coefficient (Wildman–Crippen LogP) is 6.06. The molecule has 4 heteroatoms. The number of allylic oxidation sites excluding steroid dienone is 1. The normalized spacial score (nSPS) is 18.3. The molecule has 1 aromatic rings. The van der Waals surface area contributed by atoms with E-state index in [2.05, 4.69) is 15.9 Å². The van der Waals surface area contributed by atoms with E-state index in [9.17, 15) is 13.2 Å². The van der Waals surface area contributed by atoms with Crippen LogP contribution in [0.1, 0.15) is 43.2 Å². The predicted molar refractivity (Wildman–Crippen MR) is 79.8 cm³/mol. The summed E-state index contributed by atoms with van der Waals surface area (Å²) in [5.74, 6) is 0.421. The van der Waals surface area contributed by atoms with Crippen molar-refractivity contribution in [2.45, 2.75) is 38.3 Å². The second-order valence-corrected chi connectivity index (χ2v) is 5.83. The van der Waals surface area contributed by atoms with Crippen LogP contribution in [0.25, 0.3) is 6.08 Å². The molecule has 0 unspecified atom stereocenters. The topological polar surface area (TPSA) is 0 Å². The van der Waals surface area contributed by atoms with Crippen molar-refractivity contribution >= 4 is 22.0 Å². The summed E-state index contributed by atoms with van der Waals surface area (Å²) in [6.07, 6.45) is 3.21. The van der Waals surface area contributed by atoms with Crippen LogP contribution in [0.2, 0.25) is 0 Å². The highest BCUT2D eigenvalue weighted by molar-refractivity contribution is 9.09. The molecule has 1 aromatic carbocycles. The lowest BCUT2D eigenvalue weighted by Crippen LogP contribution is -2.11. The molecule has 20 heavy (non-hydrogen) atoms. The third-order valence-corrected chi connectivity index (χ3v) is 4.54. The van der Waals surface area contributed by atoms with Gasteiger partial charge in [-0.1, -0.05) is 65.0 Å². The molecular formula is C16H18BrF3. The minimum atomic E-state index is -4.29. The van der Waals surface area contributed by atoms with Crippen molar-refractivity contribution in [2.24, 2.45) is 5.92 Å². The molecule has 1 aliphatic rings. The SMILES string of the molecule is FC(F)(F)c1ccccc1/C=C(/CBr)C1CCCCC1. The van der Waals surface area contributed by atoms with E-state index < -0.39 is 11.7 Å². The Morgan fingerprint density at radius 3 is 2.40 bits per heavy atom. The van der Waals surface area contributed by atoms with Crippen molar-refractivity contribution in [3.8, 4) is 0 Å². The average Bonchev–Trinajstić information content (AvgIpc) is 2.45. The van der Waals surface area contributed by atoms with E-state index in [1.165, 1.54) is 25.3 Å². The summed E-state index contributed by atoms with van der Waals surface area (Å²) in [7, 11) is 0. The van der Waals surface area contributed by atoms with Gasteiger partial charge in [0.15, 0.2) is 0 Å². The maximum atomic E-state index is 13.0. The zero-order chi connectivity index (χ0) is 14.6. The van der Waals surface area contributed by atoms with E-state index in [0.717, 1.165) is 24.5 Å². The summed E-state index contributed by atoms with van der Waals surface area (Å²) < 4.78 is 39.0. The second-order valence-electron chi connectivity index (χ2n) is 5.27. The molecule has 0 spiro atoms. The molecule has 0 nitrogen and oxygen atoms in total. The minimum absolute atomic E-state index is 0.278. The highest BCUT2D eigenvalue weighted by atomic mass is 79.9. The number of halogens is 4. The molecule has 0 radical (unpaired) electrons. The number of hydrogen-bond donors (Lipinski definition) is 0. The van der Waals surface area contributed by atoms with Crippen LogP contribution in [0, 0.1) is 5.92 Å². The average molecular weight is 347 g/mol. The summed E-state index contributed by atoms with van der Waals surface area (Å²) in [5, 5.41) is 0.643. The van der Waals surface area contributed by atoms with Gasteiger partial charge in [0.05, 0.1) is 5.56 Å². The van der Waals surface area contributed by atoms with Crippen LogP contribution in [0.5, 0.6) is 0 Å². The van der Waals surface area contributed by atoms with Crippen molar-refractivity contribution in [1.29, 1.82) is 0 Å². The van der Waals surface area contributed by atoms with Crippen LogP contribution in [-0.2, 0) is 6.18 Å². The quantitative estimate of drug-likeness (QED) is 0.583. The summed E-state index contributed by atoms with van der Waals surface area (Å²) in [4.78, 5) is 0. The highest BCUT2D eigenvalue weighted by Gasteiger charge is 2.32. The fraction of sp³-hybridized carbons (Fsp3) is 0.500. The van der Waals surface area contributed by atoms with E-state index in [-0.39, 0.29) is 5.56 Å². The van der Waals surface area contributed by atoms with Gasteiger partial charge in [-0.3, -0.25) is 0 Å². The first-order valence-corrected chi connectivity index (χ1v) is 8.07. The van der Waals surface area contributed by atoms with Crippen molar-refractivity contribution < 1.29 is 13.2 Å². The Kier molecular flexibility index (Phi) is 5.30. The molecule has 0 atom stereocenters. The van der Waals surface area contributed by atoms with Gasteiger partial charge in [0.1, 0.15) is 0 Å². The standard InChI is InChI=1S/C16H18BrF3/c17-11-14(12-6-2-1-3-7-12)10-13-8-4-5-9-15(13)16(18,19)20/h4-5,8-10,12H,1-3,6-7,11H2/b14-10-. The largest absolute Gasteiger partial charge is 0.416 e. The van der Waals surface area contributed by atoms with Gasteiger partial charge in [-0.15, -0.1) is 0 Å². The van der Waals surface area contributed by atoms with Gasteiger partial charge in [-0.25, -0.2) is 0 Å². The molecule has 0 aliphatic heterocycles. The smallest absolute Gasteiger partial charge is 0.166 e. The molecule has 110 valence electrons. The summed E-state index contributed by atoms with van der Waals surface area (Å²) in [5.41, 5.74) is 0.815. The Morgan fingerprint density at radius 2 is 1.80 bits per heavy atom. The number of rotatable bonds is 3. The first kappa shape index (κ1) is 15.6. The molecule has 1 saturated carbocycles. The van der Waals surface area contributed by atoms with E-state index in [4.69, 9.17) is 0 Å². The number of hydrogen-bond acceptors (Lipinski definition) is 0. The Bertz CT molecular complexity index is 471. The minimum Gasteiger partial charge on any atom is -0.166 e. The lowest BCUT2D eigenvalue weighted by Gasteiger charge is -2.24. The van der Waals surface area contributed by atoms with Crippen LogP contribution in [0.3, 0.4) is 0 Å². The molecule has 0 bridgehead atoms. The monoisotopic (exact) mass is 346 g/mol. The molecule has 0 aromatic heterocycles. The Balaban J connectivity index is 2.32. The van der Waals surface area contributed by atoms with Crippen LogP contribution in [-0.4, -0.2) is 5.33 Å². The van der Waals surface area contributed by atoms with Crippen LogP contribution >= 0.6 is 15.9 Å². The Morgan fingerprint density at radius 1 is 1.15 bits per heavy atom. The molecule has 0 saturated heterocycles. The van der Waals surface area contributed by atoms with Crippen LogP contribution < -0.4 is 0 Å². The van der Waals surface area contributed by atoms with Gasteiger partial charge < -0.3 is 0 Å². The number of alkyl halides is 4. The molecule has 1 fully saturated rings. The van der Waals surface area contributed by atoms with Gasteiger partial charge in [0.2, 0.25) is 0 Å². The highest BCUT2D eigenvalue weighted by Crippen LogP contribution is 2.36. The van der Waals surface area contributed by atoms with Gasteiger partial charge >= 0.3 is 6.18 Å². The van der Waals surface area contributed by atoms with Crippen molar-refractivity contribution in [3.05, 3.63) is 41.0 Å². The lowest BCUT2D eigenvalue weighted by molar-refractivity contribution is -0.137.